The molecule has 0 unspecified atom stereocenters. The van der Waals surface area contributed by atoms with Gasteiger partial charge in [0.15, 0.2) is 17.4 Å². The SMILES string of the molecule is Cn1ccc(CC(=O)c2ccc(F)c(F)c2Br)n1. The van der Waals surface area contributed by atoms with Crippen molar-refractivity contribution in [3.8, 4) is 0 Å². The second-order valence-electron chi connectivity index (χ2n) is 3.80. The molecule has 18 heavy (non-hydrogen) atoms. The highest BCUT2D eigenvalue weighted by molar-refractivity contribution is 9.10. The van der Waals surface area contributed by atoms with E-state index in [4.69, 9.17) is 0 Å². The zero-order chi connectivity index (χ0) is 13.3. The smallest absolute Gasteiger partial charge is 0.173 e. The molecule has 0 aliphatic heterocycles. The van der Waals surface area contributed by atoms with Gasteiger partial charge in [0.25, 0.3) is 0 Å². The number of halogens is 3. The van der Waals surface area contributed by atoms with E-state index < -0.39 is 11.6 Å². The van der Waals surface area contributed by atoms with E-state index in [0.717, 1.165) is 6.07 Å². The largest absolute Gasteiger partial charge is 0.294 e. The number of benzene rings is 1. The summed E-state index contributed by atoms with van der Waals surface area (Å²) in [5, 5.41) is 4.06. The van der Waals surface area contributed by atoms with Crippen LogP contribution in [0.3, 0.4) is 0 Å². The Labute approximate surface area is 111 Å². The van der Waals surface area contributed by atoms with Crippen LogP contribution in [0.15, 0.2) is 28.9 Å². The van der Waals surface area contributed by atoms with Gasteiger partial charge >= 0.3 is 0 Å². The summed E-state index contributed by atoms with van der Waals surface area (Å²) in [6.07, 6.45) is 1.76. The van der Waals surface area contributed by atoms with Crippen LogP contribution in [0.5, 0.6) is 0 Å². The average molecular weight is 315 g/mol. The number of nitrogens with zero attached hydrogens (tertiary/aromatic N) is 2. The van der Waals surface area contributed by atoms with Crippen LogP contribution in [0.25, 0.3) is 0 Å². The summed E-state index contributed by atoms with van der Waals surface area (Å²) < 4.78 is 27.6. The number of ketones is 1. The molecule has 0 saturated carbocycles. The third-order valence-corrected chi connectivity index (χ3v) is 3.22. The summed E-state index contributed by atoms with van der Waals surface area (Å²) in [5.41, 5.74) is 0.693. The zero-order valence-corrected chi connectivity index (χ0v) is 11.0. The Kier molecular flexibility index (Phi) is 3.56. The van der Waals surface area contributed by atoms with Crippen LogP contribution < -0.4 is 0 Å². The Morgan fingerprint density at radius 3 is 2.72 bits per heavy atom. The van der Waals surface area contributed by atoms with Crippen LogP contribution in [-0.2, 0) is 13.5 Å². The first-order valence-corrected chi connectivity index (χ1v) is 5.93. The molecule has 0 atom stereocenters. The number of hydrogen-bond acceptors (Lipinski definition) is 2. The fraction of sp³-hybridized carbons (Fsp3) is 0.167. The predicted molar refractivity (Wildman–Crippen MR) is 65.3 cm³/mol. The maximum absolute atomic E-state index is 13.3. The Bertz CT molecular complexity index is 610. The van der Waals surface area contributed by atoms with Gasteiger partial charge in [0.1, 0.15) is 0 Å². The van der Waals surface area contributed by atoms with E-state index in [1.807, 2.05) is 0 Å². The summed E-state index contributed by atoms with van der Waals surface area (Å²) in [5.74, 6) is -2.36. The zero-order valence-electron chi connectivity index (χ0n) is 9.45. The number of rotatable bonds is 3. The highest BCUT2D eigenvalue weighted by atomic mass is 79.9. The van der Waals surface area contributed by atoms with E-state index in [2.05, 4.69) is 21.0 Å². The Hall–Kier alpha value is -1.56. The lowest BCUT2D eigenvalue weighted by atomic mass is 10.1. The van der Waals surface area contributed by atoms with E-state index in [1.54, 1.807) is 24.0 Å². The van der Waals surface area contributed by atoms with Crippen molar-refractivity contribution in [3.05, 3.63) is 51.8 Å². The van der Waals surface area contributed by atoms with Gasteiger partial charge in [0, 0.05) is 18.8 Å². The van der Waals surface area contributed by atoms with Crippen LogP contribution >= 0.6 is 15.9 Å². The summed E-state index contributed by atoms with van der Waals surface area (Å²) >= 11 is 2.89. The van der Waals surface area contributed by atoms with Crippen molar-refractivity contribution < 1.29 is 13.6 Å². The molecule has 6 heteroatoms. The molecule has 0 amide bonds. The number of aromatic nitrogens is 2. The molecule has 2 aromatic rings. The second-order valence-corrected chi connectivity index (χ2v) is 4.60. The van der Waals surface area contributed by atoms with Gasteiger partial charge in [-0.1, -0.05) is 0 Å². The van der Waals surface area contributed by atoms with E-state index in [1.165, 1.54) is 6.07 Å². The highest BCUT2D eigenvalue weighted by Gasteiger charge is 2.17. The van der Waals surface area contributed by atoms with E-state index >= 15 is 0 Å². The van der Waals surface area contributed by atoms with E-state index in [-0.39, 0.29) is 22.2 Å². The summed E-state index contributed by atoms with van der Waals surface area (Å²) in [6, 6.07) is 3.89. The molecule has 94 valence electrons. The number of aryl methyl sites for hydroxylation is 1. The lowest BCUT2D eigenvalue weighted by Crippen LogP contribution is -2.07. The molecule has 1 aromatic heterocycles. The Morgan fingerprint density at radius 1 is 1.39 bits per heavy atom. The predicted octanol–water partition coefficient (Wildman–Crippen LogP) is 2.89. The first kappa shape index (κ1) is 12.9. The van der Waals surface area contributed by atoms with Crippen LogP contribution in [0.2, 0.25) is 0 Å². The van der Waals surface area contributed by atoms with Crippen LogP contribution in [0.4, 0.5) is 8.78 Å². The van der Waals surface area contributed by atoms with E-state index in [9.17, 15) is 13.6 Å². The lowest BCUT2D eigenvalue weighted by molar-refractivity contribution is 0.0990. The monoisotopic (exact) mass is 314 g/mol. The molecule has 3 nitrogen and oxygen atoms in total. The molecule has 0 saturated heterocycles. The minimum atomic E-state index is -1.05. The summed E-state index contributed by atoms with van der Waals surface area (Å²) in [6.45, 7) is 0. The molecule has 0 bridgehead atoms. The molecule has 0 aliphatic rings. The minimum absolute atomic E-state index is 0.0461. The van der Waals surface area contributed by atoms with Crippen molar-refractivity contribution in [2.75, 3.05) is 0 Å². The maximum atomic E-state index is 13.3. The third-order valence-electron chi connectivity index (χ3n) is 2.45. The average Bonchev–Trinajstić information content (AvgIpc) is 2.71. The highest BCUT2D eigenvalue weighted by Crippen LogP contribution is 2.24. The Morgan fingerprint density at radius 2 is 2.11 bits per heavy atom. The van der Waals surface area contributed by atoms with Gasteiger partial charge in [-0.25, -0.2) is 8.78 Å². The second kappa shape index (κ2) is 4.97. The number of hydrogen-bond donors (Lipinski definition) is 0. The number of Topliss-reactive ketones (excluding diaryl/α,β-unsaturated/α-hetero) is 1. The maximum Gasteiger partial charge on any atom is 0.173 e. The fourth-order valence-corrected chi connectivity index (χ4v) is 2.10. The molecule has 0 aliphatic carbocycles. The van der Waals surface area contributed by atoms with E-state index in [0.29, 0.717) is 5.69 Å². The quantitative estimate of drug-likeness (QED) is 0.645. The molecular weight excluding hydrogens is 306 g/mol. The van der Waals surface area contributed by atoms with Gasteiger partial charge in [0.2, 0.25) is 0 Å². The summed E-state index contributed by atoms with van der Waals surface area (Å²) in [7, 11) is 1.74. The number of carbonyl (C=O) groups excluding carboxylic acids is 1. The van der Waals surface area contributed by atoms with Gasteiger partial charge in [0.05, 0.1) is 16.6 Å². The molecule has 0 spiro atoms. The summed E-state index contributed by atoms with van der Waals surface area (Å²) in [4.78, 5) is 11.9. The van der Waals surface area contributed by atoms with Crippen molar-refractivity contribution in [1.82, 2.24) is 9.78 Å². The first-order chi connectivity index (χ1) is 8.49. The van der Waals surface area contributed by atoms with Crippen molar-refractivity contribution in [2.45, 2.75) is 6.42 Å². The molecule has 1 aromatic carbocycles. The molecule has 2 rings (SSSR count). The first-order valence-electron chi connectivity index (χ1n) is 5.14. The molecule has 0 radical (unpaired) electrons. The minimum Gasteiger partial charge on any atom is -0.294 e. The number of carbonyl (C=O) groups is 1. The van der Waals surface area contributed by atoms with Crippen molar-refractivity contribution >= 4 is 21.7 Å². The Balaban J connectivity index is 2.27. The van der Waals surface area contributed by atoms with Crippen molar-refractivity contribution in [1.29, 1.82) is 0 Å². The molecule has 0 N–H and O–H groups in total. The molecular formula is C12H9BrF2N2O. The molecule has 1 heterocycles. The fourth-order valence-electron chi connectivity index (χ4n) is 1.56. The van der Waals surface area contributed by atoms with Crippen LogP contribution in [-0.4, -0.2) is 15.6 Å². The van der Waals surface area contributed by atoms with Gasteiger partial charge in [-0.15, -0.1) is 0 Å². The van der Waals surface area contributed by atoms with Crippen LogP contribution in [0.1, 0.15) is 16.1 Å². The van der Waals surface area contributed by atoms with Crippen molar-refractivity contribution in [3.63, 3.8) is 0 Å². The standard InChI is InChI=1S/C12H9BrF2N2O/c1-17-5-4-7(16-17)6-10(18)8-2-3-9(14)12(15)11(8)13/h2-5H,6H2,1H3. The van der Waals surface area contributed by atoms with Gasteiger partial charge in [-0.2, -0.15) is 5.10 Å². The topological polar surface area (TPSA) is 34.9 Å². The normalized spacial score (nSPS) is 10.7. The van der Waals surface area contributed by atoms with Gasteiger partial charge in [-0.05, 0) is 34.1 Å². The van der Waals surface area contributed by atoms with Gasteiger partial charge < -0.3 is 0 Å². The third kappa shape index (κ3) is 2.48. The van der Waals surface area contributed by atoms with Gasteiger partial charge in [-0.3, -0.25) is 9.48 Å². The molecule has 0 fully saturated rings. The van der Waals surface area contributed by atoms with Crippen molar-refractivity contribution in [2.24, 2.45) is 7.05 Å². The lowest BCUT2D eigenvalue weighted by Gasteiger charge is -2.04. The van der Waals surface area contributed by atoms with Crippen LogP contribution in [0, 0.1) is 11.6 Å².